The molecule has 1 atom stereocenters. The van der Waals surface area contributed by atoms with Gasteiger partial charge in [0.2, 0.25) is 5.91 Å². The van der Waals surface area contributed by atoms with E-state index in [2.05, 4.69) is 11.9 Å². The van der Waals surface area contributed by atoms with Gasteiger partial charge in [0.05, 0.1) is 6.61 Å². The first-order valence-corrected chi connectivity index (χ1v) is 4.40. The van der Waals surface area contributed by atoms with Crippen molar-refractivity contribution in [2.24, 2.45) is 0 Å². The number of methoxy groups -OCH3 is 1. The molecule has 0 aromatic rings. The molecule has 1 saturated heterocycles. The molecule has 78 valence electrons. The molecule has 0 spiro atoms. The van der Waals surface area contributed by atoms with E-state index in [1.54, 1.807) is 0 Å². The number of rotatable bonds is 3. The molecule has 2 amide bonds. The van der Waals surface area contributed by atoms with Crippen molar-refractivity contribution >= 4 is 11.8 Å². The van der Waals surface area contributed by atoms with Gasteiger partial charge in [-0.1, -0.05) is 6.58 Å². The molecule has 1 fully saturated rings. The second kappa shape index (κ2) is 4.88. The van der Waals surface area contributed by atoms with Crippen molar-refractivity contribution in [3.8, 4) is 0 Å². The van der Waals surface area contributed by atoms with E-state index in [0.29, 0.717) is 13.1 Å². The van der Waals surface area contributed by atoms with E-state index in [1.807, 2.05) is 0 Å². The molecule has 5 heteroatoms. The summed E-state index contributed by atoms with van der Waals surface area (Å²) in [6, 6.07) is -0.419. The average Bonchev–Trinajstić information content (AvgIpc) is 2.20. The van der Waals surface area contributed by atoms with Gasteiger partial charge >= 0.3 is 0 Å². The summed E-state index contributed by atoms with van der Waals surface area (Å²) in [4.78, 5) is 24.1. The van der Waals surface area contributed by atoms with E-state index in [-0.39, 0.29) is 18.4 Å². The first-order valence-electron chi connectivity index (χ1n) is 4.40. The maximum atomic E-state index is 11.6. The van der Waals surface area contributed by atoms with Gasteiger partial charge in [-0.15, -0.1) is 0 Å². The lowest BCUT2D eigenvalue weighted by atomic mass is 10.2. The third-order valence-corrected chi connectivity index (χ3v) is 2.06. The number of imide groups is 1. The second-order valence-electron chi connectivity index (χ2n) is 2.99. The summed E-state index contributed by atoms with van der Waals surface area (Å²) in [6.45, 7) is 4.61. The highest BCUT2D eigenvalue weighted by Crippen LogP contribution is 2.02. The normalized spacial score (nSPS) is 22.2. The summed E-state index contributed by atoms with van der Waals surface area (Å²) in [5, 5.41) is 2.98. The van der Waals surface area contributed by atoms with Gasteiger partial charge in [-0.25, -0.2) is 0 Å². The fraction of sp³-hybridized carbons (Fsp3) is 0.556. The van der Waals surface area contributed by atoms with Crippen LogP contribution in [-0.4, -0.2) is 49.6 Å². The predicted octanol–water partition coefficient (Wildman–Crippen LogP) is -0.854. The molecule has 0 aromatic carbocycles. The van der Waals surface area contributed by atoms with Crippen LogP contribution in [0.15, 0.2) is 12.7 Å². The zero-order valence-corrected chi connectivity index (χ0v) is 8.16. The number of hydrogen-bond acceptors (Lipinski definition) is 4. The van der Waals surface area contributed by atoms with Gasteiger partial charge in [-0.3, -0.25) is 14.5 Å². The molecule has 5 nitrogen and oxygen atoms in total. The summed E-state index contributed by atoms with van der Waals surface area (Å²) < 4.78 is 4.87. The monoisotopic (exact) mass is 198 g/mol. The van der Waals surface area contributed by atoms with Gasteiger partial charge in [0.25, 0.3) is 5.91 Å². The van der Waals surface area contributed by atoms with Crippen LogP contribution in [0.5, 0.6) is 0 Å². The second-order valence-corrected chi connectivity index (χ2v) is 2.99. The van der Waals surface area contributed by atoms with Crippen molar-refractivity contribution in [1.82, 2.24) is 10.2 Å². The van der Waals surface area contributed by atoms with E-state index in [0.717, 1.165) is 6.08 Å². The smallest absolute Gasteiger partial charge is 0.252 e. The number of hydrogen-bond donors (Lipinski definition) is 1. The van der Waals surface area contributed by atoms with E-state index >= 15 is 0 Å². The predicted molar refractivity (Wildman–Crippen MR) is 50.6 cm³/mol. The first-order chi connectivity index (χ1) is 6.70. The van der Waals surface area contributed by atoms with Gasteiger partial charge in [0, 0.05) is 20.2 Å². The molecule has 1 aliphatic rings. The third-order valence-electron chi connectivity index (χ3n) is 2.06. The maximum Gasteiger partial charge on any atom is 0.252 e. The number of carbonyl (C=O) groups excluding carboxylic acids is 2. The SMILES string of the molecule is C=CC(=O)N1CCNC(COC)C1=O. The van der Waals surface area contributed by atoms with Crippen molar-refractivity contribution in [2.75, 3.05) is 26.8 Å². The number of carbonyl (C=O) groups is 2. The molecule has 1 rings (SSSR count). The standard InChI is InChI=1S/C9H14N2O3/c1-3-8(12)11-5-4-10-7(6-14-2)9(11)13/h3,7,10H,1,4-6H2,2H3. The number of ether oxygens (including phenoxy) is 1. The minimum atomic E-state index is -0.419. The van der Waals surface area contributed by atoms with Crippen molar-refractivity contribution in [1.29, 1.82) is 0 Å². The van der Waals surface area contributed by atoms with Crippen LogP contribution in [-0.2, 0) is 14.3 Å². The summed E-state index contributed by atoms with van der Waals surface area (Å²) >= 11 is 0. The van der Waals surface area contributed by atoms with Crippen LogP contribution in [0.25, 0.3) is 0 Å². The molecule has 1 heterocycles. The Morgan fingerprint density at radius 2 is 2.57 bits per heavy atom. The quantitative estimate of drug-likeness (QED) is 0.600. The zero-order valence-electron chi connectivity index (χ0n) is 8.16. The molecular weight excluding hydrogens is 184 g/mol. The first kappa shape index (κ1) is 10.9. The van der Waals surface area contributed by atoms with Gasteiger partial charge in [0.15, 0.2) is 0 Å². The minimum Gasteiger partial charge on any atom is -0.383 e. The molecule has 0 aromatic heterocycles. The lowest BCUT2D eigenvalue weighted by Gasteiger charge is -2.30. The Balaban J connectivity index is 2.65. The Labute approximate surface area is 82.7 Å². The molecule has 0 bridgehead atoms. The number of amides is 2. The van der Waals surface area contributed by atoms with Crippen LogP contribution >= 0.6 is 0 Å². The highest BCUT2D eigenvalue weighted by molar-refractivity contribution is 6.03. The third kappa shape index (κ3) is 2.18. The molecule has 14 heavy (non-hydrogen) atoms. The van der Waals surface area contributed by atoms with Gasteiger partial charge in [-0.05, 0) is 6.08 Å². The van der Waals surface area contributed by atoms with E-state index in [1.165, 1.54) is 12.0 Å². The summed E-state index contributed by atoms with van der Waals surface area (Å²) in [5.74, 6) is -0.597. The fourth-order valence-corrected chi connectivity index (χ4v) is 1.36. The number of nitrogens with zero attached hydrogens (tertiary/aromatic N) is 1. The van der Waals surface area contributed by atoms with Crippen molar-refractivity contribution in [3.63, 3.8) is 0 Å². The summed E-state index contributed by atoms with van der Waals surface area (Å²) in [7, 11) is 1.52. The number of nitrogens with one attached hydrogen (secondary N) is 1. The summed E-state index contributed by atoms with van der Waals surface area (Å²) in [6.07, 6.45) is 1.15. The minimum absolute atomic E-state index is 0.247. The molecule has 0 radical (unpaired) electrons. The Morgan fingerprint density at radius 1 is 1.86 bits per heavy atom. The molecule has 0 aliphatic carbocycles. The van der Waals surface area contributed by atoms with Crippen molar-refractivity contribution < 1.29 is 14.3 Å². The molecule has 1 unspecified atom stereocenters. The fourth-order valence-electron chi connectivity index (χ4n) is 1.36. The number of piperazine rings is 1. The van der Waals surface area contributed by atoms with Gasteiger partial charge in [0.1, 0.15) is 6.04 Å². The molecule has 1 aliphatic heterocycles. The van der Waals surface area contributed by atoms with Gasteiger partial charge in [-0.2, -0.15) is 0 Å². The Morgan fingerprint density at radius 3 is 3.14 bits per heavy atom. The van der Waals surface area contributed by atoms with Crippen molar-refractivity contribution in [3.05, 3.63) is 12.7 Å². The molecule has 1 N–H and O–H groups in total. The average molecular weight is 198 g/mol. The largest absolute Gasteiger partial charge is 0.383 e. The van der Waals surface area contributed by atoms with Crippen LogP contribution in [0.4, 0.5) is 0 Å². The molecule has 0 saturated carbocycles. The van der Waals surface area contributed by atoms with Gasteiger partial charge < -0.3 is 10.1 Å². The summed E-state index contributed by atoms with van der Waals surface area (Å²) in [5.41, 5.74) is 0. The van der Waals surface area contributed by atoms with Crippen LogP contribution in [0.2, 0.25) is 0 Å². The zero-order chi connectivity index (χ0) is 10.6. The Kier molecular flexibility index (Phi) is 3.79. The van der Waals surface area contributed by atoms with E-state index < -0.39 is 6.04 Å². The lowest BCUT2D eigenvalue weighted by molar-refractivity contribution is -0.146. The van der Waals surface area contributed by atoms with Crippen molar-refractivity contribution in [2.45, 2.75) is 6.04 Å². The van der Waals surface area contributed by atoms with Crippen LogP contribution < -0.4 is 5.32 Å². The highest BCUT2D eigenvalue weighted by Gasteiger charge is 2.30. The lowest BCUT2D eigenvalue weighted by Crippen LogP contribution is -2.58. The topological polar surface area (TPSA) is 58.6 Å². The van der Waals surface area contributed by atoms with Crippen LogP contribution in [0.1, 0.15) is 0 Å². The Bertz CT molecular complexity index is 250. The molecular formula is C9H14N2O3. The maximum absolute atomic E-state index is 11.6. The van der Waals surface area contributed by atoms with E-state index in [4.69, 9.17) is 4.74 Å². The Hall–Kier alpha value is -1.20. The highest BCUT2D eigenvalue weighted by atomic mass is 16.5. The van der Waals surface area contributed by atoms with E-state index in [9.17, 15) is 9.59 Å². The van der Waals surface area contributed by atoms with Crippen LogP contribution in [0, 0.1) is 0 Å². The van der Waals surface area contributed by atoms with Crippen LogP contribution in [0.3, 0.4) is 0 Å².